The van der Waals surface area contributed by atoms with Gasteiger partial charge in [0.15, 0.2) is 0 Å². The van der Waals surface area contributed by atoms with E-state index in [0.717, 1.165) is 0 Å². The SMILES string of the molecule is C[C@@H](NC(=O)[C@@H](C)NC(=O)[C@H](N)CCC[C@H](N)C(N)=O)C(=O)O. The number of carboxylic acids is 1. The van der Waals surface area contributed by atoms with Gasteiger partial charge >= 0.3 is 5.97 Å². The first kappa shape index (κ1) is 20.8. The summed E-state index contributed by atoms with van der Waals surface area (Å²) < 4.78 is 0. The molecule has 0 heterocycles. The topological polar surface area (TPSA) is 191 Å². The molecule has 0 aromatic carbocycles. The third-order valence-corrected chi connectivity index (χ3v) is 3.21. The van der Waals surface area contributed by atoms with Gasteiger partial charge in [-0.15, -0.1) is 0 Å². The highest BCUT2D eigenvalue weighted by molar-refractivity contribution is 5.91. The highest BCUT2D eigenvalue weighted by atomic mass is 16.4. The third kappa shape index (κ3) is 8.12. The number of nitrogens with two attached hydrogens (primary N) is 3. The molecule has 0 bridgehead atoms. The number of rotatable bonds is 10. The average molecular weight is 331 g/mol. The number of nitrogens with one attached hydrogen (secondary N) is 2. The van der Waals surface area contributed by atoms with Crippen molar-refractivity contribution < 1.29 is 24.3 Å². The number of aliphatic carboxylic acids is 1. The molecule has 0 unspecified atom stereocenters. The highest BCUT2D eigenvalue weighted by Gasteiger charge is 2.23. The fourth-order valence-electron chi connectivity index (χ4n) is 1.62. The van der Waals surface area contributed by atoms with E-state index in [-0.39, 0.29) is 6.42 Å². The van der Waals surface area contributed by atoms with Gasteiger partial charge in [-0.1, -0.05) is 0 Å². The molecule has 0 spiro atoms. The van der Waals surface area contributed by atoms with Crippen LogP contribution in [0.5, 0.6) is 0 Å². The number of amides is 3. The summed E-state index contributed by atoms with van der Waals surface area (Å²) >= 11 is 0. The van der Waals surface area contributed by atoms with Crippen LogP contribution < -0.4 is 27.8 Å². The second kappa shape index (κ2) is 9.74. The number of carbonyl (C=O) groups is 4. The molecule has 9 N–H and O–H groups in total. The summed E-state index contributed by atoms with van der Waals surface area (Å²) in [6.45, 7) is 2.72. The molecule has 0 rings (SSSR count). The lowest BCUT2D eigenvalue weighted by Crippen LogP contribution is -2.52. The van der Waals surface area contributed by atoms with Crippen LogP contribution in [0.3, 0.4) is 0 Å². The van der Waals surface area contributed by atoms with Crippen LogP contribution in [0.1, 0.15) is 33.1 Å². The standard InChI is InChI=1S/C13H25N5O5/c1-6(11(20)18-7(2)13(22)23)17-12(21)9(15)5-3-4-8(14)10(16)19/h6-9H,3-5,14-15H2,1-2H3,(H2,16,19)(H,17,21)(H,18,20)(H,22,23)/t6-,7-,8+,9-/m1/s1. The molecular weight excluding hydrogens is 306 g/mol. The summed E-state index contributed by atoms with van der Waals surface area (Å²) in [6, 6.07) is -3.65. The Kier molecular flexibility index (Phi) is 8.81. The zero-order valence-corrected chi connectivity index (χ0v) is 13.2. The van der Waals surface area contributed by atoms with E-state index < -0.39 is 47.9 Å². The van der Waals surface area contributed by atoms with Gasteiger partial charge in [0.05, 0.1) is 12.1 Å². The summed E-state index contributed by atoms with van der Waals surface area (Å²) in [5.74, 6) is -2.99. The summed E-state index contributed by atoms with van der Waals surface area (Å²) in [4.78, 5) is 44.9. The van der Waals surface area contributed by atoms with Crippen LogP contribution in [0.4, 0.5) is 0 Å². The van der Waals surface area contributed by atoms with E-state index in [1.165, 1.54) is 13.8 Å². The number of carbonyl (C=O) groups excluding carboxylic acids is 3. The van der Waals surface area contributed by atoms with Gasteiger partial charge in [-0.05, 0) is 33.1 Å². The maximum absolute atomic E-state index is 11.8. The Morgan fingerprint density at radius 3 is 1.87 bits per heavy atom. The van der Waals surface area contributed by atoms with E-state index in [1.807, 2.05) is 0 Å². The number of primary amides is 1. The number of hydrogen-bond donors (Lipinski definition) is 6. The van der Waals surface area contributed by atoms with Gasteiger partial charge < -0.3 is 32.9 Å². The molecule has 0 radical (unpaired) electrons. The predicted octanol–water partition coefficient (Wildman–Crippen LogP) is -2.61. The number of hydrogen-bond acceptors (Lipinski definition) is 6. The van der Waals surface area contributed by atoms with E-state index in [9.17, 15) is 19.2 Å². The normalized spacial score (nSPS) is 15.8. The molecule has 10 heteroatoms. The van der Waals surface area contributed by atoms with Crippen molar-refractivity contribution in [1.82, 2.24) is 10.6 Å². The molecule has 0 aliphatic rings. The van der Waals surface area contributed by atoms with Crippen LogP contribution in [0.15, 0.2) is 0 Å². The maximum Gasteiger partial charge on any atom is 0.325 e. The summed E-state index contributed by atoms with van der Waals surface area (Å²) in [6.07, 6.45) is 1.00. The Bertz CT molecular complexity index is 456. The third-order valence-electron chi connectivity index (χ3n) is 3.21. The van der Waals surface area contributed by atoms with Crippen molar-refractivity contribution >= 4 is 23.7 Å². The fourth-order valence-corrected chi connectivity index (χ4v) is 1.62. The number of carboxylic acid groups (broad SMARTS) is 1. The molecule has 0 aromatic heterocycles. The fraction of sp³-hybridized carbons (Fsp3) is 0.692. The molecular formula is C13H25N5O5. The monoisotopic (exact) mass is 331 g/mol. The van der Waals surface area contributed by atoms with Gasteiger partial charge in [0.2, 0.25) is 17.7 Å². The first-order valence-electron chi connectivity index (χ1n) is 7.20. The quantitative estimate of drug-likeness (QED) is 0.252. The molecule has 132 valence electrons. The molecule has 10 nitrogen and oxygen atoms in total. The molecule has 0 aromatic rings. The van der Waals surface area contributed by atoms with Gasteiger partial charge in [0.1, 0.15) is 12.1 Å². The molecule has 0 fully saturated rings. The van der Waals surface area contributed by atoms with Crippen molar-refractivity contribution in [2.45, 2.75) is 57.3 Å². The highest BCUT2D eigenvalue weighted by Crippen LogP contribution is 2.02. The molecule has 23 heavy (non-hydrogen) atoms. The lowest BCUT2D eigenvalue weighted by Gasteiger charge is -2.19. The van der Waals surface area contributed by atoms with Crippen LogP contribution in [0.2, 0.25) is 0 Å². The van der Waals surface area contributed by atoms with E-state index in [1.54, 1.807) is 0 Å². The molecule has 4 atom stereocenters. The minimum Gasteiger partial charge on any atom is -0.480 e. The van der Waals surface area contributed by atoms with Crippen molar-refractivity contribution in [1.29, 1.82) is 0 Å². The lowest BCUT2D eigenvalue weighted by molar-refractivity contribution is -0.141. The van der Waals surface area contributed by atoms with E-state index in [4.69, 9.17) is 22.3 Å². The molecule has 0 saturated heterocycles. The molecule has 0 aliphatic heterocycles. The van der Waals surface area contributed by atoms with Gasteiger partial charge in [0, 0.05) is 0 Å². The Labute approximate surface area is 134 Å². The minimum atomic E-state index is -1.18. The van der Waals surface area contributed by atoms with E-state index in [2.05, 4.69) is 10.6 Å². The Balaban J connectivity index is 4.22. The van der Waals surface area contributed by atoms with Crippen LogP contribution in [-0.4, -0.2) is 53.0 Å². The largest absolute Gasteiger partial charge is 0.480 e. The first-order chi connectivity index (χ1) is 10.6. The van der Waals surface area contributed by atoms with Gasteiger partial charge in [-0.3, -0.25) is 19.2 Å². The van der Waals surface area contributed by atoms with E-state index in [0.29, 0.717) is 12.8 Å². The Morgan fingerprint density at radius 2 is 1.39 bits per heavy atom. The zero-order chi connectivity index (χ0) is 18.2. The van der Waals surface area contributed by atoms with Gasteiger partial charge in [-0.25, -0.2) is 0 Å². The molecule has 3 amide bonds. The smallest absolute Gasteiger partial charge is 0.325 e. The van der Waals surface area contributed by atoms with Crippen LogP contribution >= 0.6 is 0 Å². The Morgan fingerprint density at radius 1 is 0.913 bits per heavy atom. The van der Waals surface area contributed by atoms with Gasteiger partial charge in [0.25, 0.3) is 0 Å². The lowest BCUT2D eigenvalue weighted by atomic mass is 10.1. The summed E-state index contributed by atoms with van der Waals surface area (Å²) in [7, 11) is 0. The second-order valence-electron chi connectivity index (χ2n) is 5.35. The molecule has 0 aliphatic carbocycles. The van der Waals surface area contributed by atoms with Crippen molar-refractivity contribution in [3.63, 3.8) is 0 Å². The van der Waals surface area contributed by atoms with Crippen LogP contribution in [0, 0.1) is 0 Å². The van der Waals surface area contributed by atoms with Gasteiger partial charge in [-0.2, -0.15) is 0 Å². The maximum atomic E-state index is 11.8. The Hall–Kier alpha value is -2.20. The van der Waals surface area contributed by atoms with Crippen LogP contribution in [0.25, 0.3) is 0 Å². The first-order valence-corrected chi connectivity index (χ1v) is 7.20. The second-order valence-corrected chi connectivity index (χ2v) is 5.35. The van der Waals surface area contributed by atoms with Crippen molar-refractivity contribution in [2.24, 2.45) is 17.2 Å². The van der Waals surface area contributed by atoms with Crippen LogP contribution in [-0.2, 0) is 19.2 Å². The predicted molar refractivity (Wildman–Crippen MR) is 81.8 cm³/mol. The van der Waals surface area contributed by atoms with Crippen molar-refractivity contribution in [3.05, 3.63) is 0 Å². The van der Waals surface area contributed by atoms with Crippen molar-refractivity contribution in [2.75, 3.05) is 0 Å². The minimum absolute atomic E-state index is 0.271. The van der Waals surface area contributed by atoms with E-state index >= 15 is 0 Å². The van der Waals surface area contributed by atoms with Crippen molar-refractivity contribution in [3.8, 4) is 0 Å². The zero-order valence-electron chi connectivity index (χ0n) is 13.2. The summed E-state index contributed by atoms with van der Waals surface area (Å²) in [5, 5.41) is 13.3. The average Bonchev–Trinajstić information content (AvgIpc) is 2.46. The summed E-state index contributed by atoms with van der Waals surface area (Å²) in [5.41, 5.74) is 16.1. The molecule has 0 saturated carbocycles.